The van der Waals surface area contributed by atoms with Crippen LogP contribution in [0.2, 0.25) is 0 Å². The number of rotatable bonds is 6. The van der Waals surface area contributed by atoms with Crippen molar-refractivity contribution in [3.05, 3.63) is 23.8 Å². The molecule has 0 aliphatic carbocycles. The van der Waals surface area contributed by atoms with E-state index in [-0.39, 0.29) is 12.6 Å². The quantitative estimate of drug-likeness (QED) is 0.605. The largest absolute Gasteiger partial charge is 0.462 e. The minimum atomic E-state index is -0.422. The van der Waals surface area contributed by atoms with Crippen molar-refractivity contribution in [2.45, 2.75) is 26.8 Å². The van der Waals surface area contributed by atoms with Crippen molar-refractivity contribution in [2.24, 2.45) is 0 Å². The van der Waals surface area contributed by atoms with E-state index in [0.717, 1.165) is 5.69 Å². The fourth-order valence-corrected chi connectivity index (χ4v) is 1.90. The number of aliphatic hydroxyl groups is 1. The van der Waals surface area contributed by atoms with E-state index in [1.54, 1.807) is 19.1 Å². The first-order chi connectivity index (χ1) is 9.01. The summed E-state index contributed by atoms with van der Waals surface area (Å²) in [5.74, 6) is -0.422. The van der Waals surface area contributed by atoms with Gasteiger partial charge in [-0.15, -0.1) is 0 Å². The molecule has 0 bridgehead atoms. The van der Waals surface area contributed by atoms with E-state index in [2.05, 4.69) is 0 Å². The molecule has 0 saturated heterocycles. The Kier molecular flexibility index (Phi) is 5.63. The third kappa shape index (κ3) is 3.86. The number of nitrogens with zero attached hydrogens (tertiary/aromatic N) is 1. The lowest BCUT2D eigenvalue weighted by Gasteiger charge is -2.28. The highest BCUT2D eigenvalue weighted by atomic mass is 16.5. The summed E-state index contributed by atoms with van der Waals surface area (Å²) < 4.78 is 4.98. The molecule has 1 aromatic carbocycles. The van der Waals surface area contributed by atoms with Gasteiger partial charge in [-0.1, -0.05) is 0 Å². The van der Waals surface area contributed by atoms with Gasteiger partial charge in [-0.05, 0) is 39.0 Å². The number of ether oxygens (including phenoxy) is 1. The first-order valence-corrected chi connectivity index (χ1v) is 6.45. The van der Waals surface area contributed by atoms with Gasteiger partial charge >= 0.3 is 5.97 Å². The Morgan fingerprint density at radius 2 is 2.16 bits per heavy atom. The number of hydrogen-bond donors (Lipinski definition) is 2. The molecule has 0 saturated carbocycles. The Morgan fingerprint density at radius 3 is 2.68 bits per heavy atom. The highest BCUT2D eigenvalue weighted by molar-refractivity contribution is 5.96. The maximum atomic E-state index is 11.8. The van der Waals surface area contributed by atoms with E-state index in [9.17, 15) is 4.79 Å². The molecule has 5 heteroatoms. The predicted molar refractivity (Wildman–Crippen MR) is 76.4 cm³/mol. The van der Waals surface area contributed by atoms with Gasteiger partial charge in [0.25, 0.3) is 0 Å². The van der Waals surface area contributed by atoms with E-state index in [4.69, 9.17) is 15.6 Å². The lowest BCUT2D eigenvalue weighted by molar-refractivity contribution is 0.0527. The molecule has 0 heterocycles. The summed E-state index contributed by atoms with van der Waals surface area (Å²) in [6.07, 6.45) is 0. The van der Waals surface area contributed by atoms with Crippen molar-refractivity contribution in [3.8, 4) is 0 Å². The van der Waals surface area contributed by atoms with Crippen molar-refractivity contribution in [1.29, 1.82) is 0 Å². The van der Waals surface area contributed by atoms with Gasteiger partial charge in [0.2, 0.25) is 0 Å². The summed E-state index contributed by atoms with van der Waals surface area (Å²) >= 11 is 0. The summed E-state index contributed by atoms with van der Waals surface area (Å²) in [5, 5.41) is 9.11. The van der Waals surface area contributed by atoms with Crippen LogP contribution in [-0.2, 0) is 4.74 Å². The fraction of sp³-hybridized carbons (Fsp3) is 0.500. The Bertz CT molecular complexity index is 433. The zero-order valence-corrected chi connectivity index (χ0v) is 11.7. The normalized spacial score (nSPS) is 10.6. The molecule has 0 fully saturated rings. The van der Waals surface area contributed by atoms with Crippen LogP contribution in [0.4, 0.5) is 11.4 Å². The molecule has 0 unspecified atom stereocenters. The molecule has 1 rings (SSSR count). The molecule has 106 valence electrons. The molecule has 5 nitrogen and oxygen atoms in total. The number of nitrogen functional groups attached to an aromatic ring is 1. The van der Waals surface area contributed by atoms with Crippen LogP contribution in [0.25, 0.3) is 0 Å². The van der Waals surface area contributed by atoms with Crippen LogP contribution in [0.3, 0.4) is 0 Å². The molecule has 0 amide bonds. The minimum absolute atomic E-state index is 0.0529. The molecule has 19 heavy (non-hydrogen) atoms. The van der Waals surface area contributed by atoms with E-state index in [0.29, 0.717) is 24.4 Å². The zero-order valence-electron chi connectivity index (χ0n) is 11.7. The van der Waals surface area contributed by atoms with Crippen LogP contribution < -0.4 is 10.6 Å². The van der Waals surface area contributed by atoms with Gasteiger partial charge in [-0.3, -0.25) is 0 Å². The second kappa shape index (κ2) is 6.99. The first-order valence-electron chi connectivity index (χ1n) is 6.45. The average molecular weight is 266 g/mol. The lowest BCUT2D eigenvalue weighted by Crippen LogP contribution is -2.33. The Labute approximate surface area is 114 Å². The summed E-state index contributed by atoms with van der Waals surface area (Å²) in [7, 11) is 0. The predicted octanol–water partition coefficient (Wildman–Crippen LogP) is 1.65. The maximum Gasteiger partial charge on any atom is 0.340 e. The molecular formula is C14H22N2O3. The van der Waals surface area contributed by atoms with Crippen molar-refractivity contribution < 1.29 is 14.6 Å². The fourth-order valence-electron chi connectivity index (χ4n) is 1.90. The zero-order chi connectivity index (χ0) is 14.4. The third-order valence-electron chi connectivity index (χ3n) is 2.83. The third-order valence-corrected chi connectivity index (χ3v) is 2.83. The minimum Gasteiger partial charge on any atom is -0.462 e. The number of benzene rings is 1. The highest BCUT2D eigenvalue weighted by Crippen LogP contribution is 2.23. The Balaban J connectivity index is 3.09. The van der Waals surface area contributed by atoms with E-state index < -0.39 is 5.97 Å². The van der Waals surface area contributed by atoms with Crippen LogP contribution in [0.5, 0.6) is 0 Å². The molecule has 1 aromatic rings. The first kappa shape index (κ1) is 15.3. The average Bonchev–Trinajstić information content (AvgIpc) is 2.36. The van der Waals surface area contributed by atoms with Crippen molar-refractivity contribution in [1.82, 2.24) is 0 Å². The molecule has 0 radical (unpaired) electrons. The van der Waals surface area contributed by atoms with Crippen LogP contribution >= 0.6 is 0 Å². The van der Waals surface area contributed by atoms with E-state index in [1.165, 1.54) is 0 Å². The second-order valence-electron chi connectivity index (χ2n) is 4.50. The maximum absolute atomic E-state index is 11.8. The highest BCUT2D eigenvalue weighted by Gasteiger charge is 2.16. The van der Waals surface area contributed by atoms with Crippen LogP contribution in [0.1, 0.15) is 31.1 Å². The summed E-state index contributed by atoms with van der Waals surface area (Å²) in [6, 6.07) is 5.45. The van der Waals surface area contributed by atoms with Gasteiger partial charge in [0.15, 0.2) is 0 Å². The van der Waals surface area contributed by atoms with Crippen molar-refractivity contribution in [2.75, 3.05) is 30.4 Å². The van der Waals surface area contributed by atoms with Crippen molar-refractivity contribution in [3.63, 3.8) is 0 Å². The number of carbonyl (C=O) groups is 1. The summed E-state index contributed by atoms with van der Waals surface area (Å²) in [5.41, 5.74) is 7.41. The molecule has 0 spiro atoms. The van der Waals surface area contributed by atoms with Gasteiger partial charge in [-0.25, -0.2) is 4.79 Å². The van der Waals surface area contributed by atoms with Gasteiger partial charge in [0, 0.05) is 24.0 Å². The summed E-state index contributed by atoms with van der Waals surface area (Å²) in [4.78, 5) is 13.8. The van der Waals surface area contributed by atoms with E-state index in [1.807, 2.05) is 24.8 Å². The van der Waals surface area contributed by atoms with Gasteiger partial charge in [0.1, 0.15) is 0 Å². The Morgan fingerprint density at radius 1 is 1.47 bits per heavy atom. The molecule has 0 aliphatic heterocycles. The standard InChI is InChI=1S/C14H22N2O3/c1-4-19-14(18)12-9-11(5-6-13(12)15)16(7-8-17)10(2)3/h5-6,9-10,17H,4,7-8,15H2,1-3H3. The molecule has 0 aromatic heterocycles. The second-order valence-corrected chi connectivity index (χ2v) is 4.50. The summed E-state index contributed by atoms with van der Waals surface area (Å²) in [6.45, 7) is 6.67. The topological polar surface area (TPSA) is 75.8 Å². The van der Waals surface area contributed by atoms with E-state index >= 15 is 0 Å². The number of anilines is 2. The lowest BCUT2D eigenvalue weighted by atomic mass is 10.1. The smallest absolute Gasteiger partial charge is 0.340 e. The van der Waals surface area contributed by atoms with Crippen LogP contribution in [0, 0.1) is 0 Å². The SMILES string of the molecule is CCOC(=O)c1cc(N(CCO)C(C)C)ccc1N. The van der Waals surface area contributed by atoms with Crippen LogP contribution in [-0.4, -0.2) is 36.9 Å². The van der Waals surface area contributed by atoms with Crippen molar-refractivity contribution >= 4 is 17.3 Å². The van der Waals surface area contributed by atoms with Gasteiger partial charge in [-0.2, -0.15) is 0 Å². The molecule has 0 atom stereocenters. The number of aliphatic hydroxyl groups excluding tert-OH is 1. The monoisotopic (exact) mass is 266 g/mol. The molecule has 0 aliphatic rings. The van der Waals surface area contributed by atoms with Gasteiger partial charge < -0.3 is 20.5 Å². The molecule has 3 N–H and O–H groups in total. The Hall–Kier alpha value is -1.75. The number of esters is 1. The number of hydrogen-bond acceptors (Lipinski definition) is 5. The van der Waals surface area contributed by atoms with Gasteiger partial charge in [0.05, 0.1) is 18.8 Å². The number of carbonyl (C=O) groups excluding carboxylic acids is 1. The van der Waals surface area contributed by atoms with Crippen LogP contribution in [0.15, 0.2) is 18.2 Å². The molecular weight excluding hydrogens is 244 g/mol. The number of nitrogens with two attached hydrogens (primary N) is 1.